The number of alkyl halides is 3. The molecule has 1 aromatic heterocycles. The first kappa shape index (κ1) is 22.7. The lowest BCUT2D eigenvalue weighted by molar-refractivity contribution is -0.154. The second-order valence-corrected chi connectivity index (χ2v) is 8.90. The van der Waals surface area contributed by atoms with Crippen molar-refractivity contribution in [2.75, 3.05) is 13.1 Å². The summed E-state index contributed by atoms with van der Waals surface area (Å²) in [5, 5.41) is 10.3. The van der Waals surface area contributed by atoms with Crippen LogP contribution in [0.1, 0.15) is 31.1 Å². The van der Waals surface area contributed by atoms with Crippen LogP contribution >= 0.6 is 15.9 Å². The Labute approximate surface area is 190 Å². The number of benzene rings is 2. The molecule has 32 heavy (non-hydrogen) atoms. The fourth-order valence-electron chi connectivity index (χ4n) is 4.01. The van der Waals surface area contributed by atoms with Crippen LogP contribution in [-0.4, -0.2) is 23.1 Å². The quantitative estimate of drug-likeness (QED) is 0.445. The maximum atomic E-state index is 13.9. The summed E-state index contributed by atoms with van der Waals surface area (Å²) in [5.74, 6) is -2.22. The molecule has 1 atom stereocenters. The molecule has 0 radical (unpaired) electrons. The minimum atomic E-state index is -4.98. The normalized spacial score (nSPS) is 17.6. The van der Waals surface area contributed by atoms with Crippen molar-refractivity contribution in [1.29, 1.82) is 0 Å². The first-order valence-electron chi connectivity index (χ1n) is 10.2. The minimum absolute atomic E-state index is 0.0472. The molecular formula is C23H21BrF3NO4. The zero-order chi connectivity index (χ0) is 23.0. The van der Waals surface area contributed by atoms with Gasteiger partial charge >= 0.3 is 6.18 Å². The molecule has 1 saturated heterocycles. The summed E-state index contributed by atoms with van der Waals surface area (Å²) in [6.07, 6.45) is -2.96. The molecule has 4 rings (SSSR count). The highest BCUT2D eigenvalue weighted by Gasteiger charge is 2.41. The van der Waals surface area contributed by atoms with E-state index in [-0.39, 0.29) is 34.6 Å². The molecule has 5 nitrogen and oxygen atoms in total. The lowest BCUT2D eigenvalue weighted by Gasteiger charge is -2.31. The van der Waals surface area contributed by atoms with Crippen LogP contribution in [0.2, 0.25) is 0 Å². The predicted octanol–water partition coefficient (Wildman–Crippen LogP) is 6.30. The van der Waals surface area contributed by atoms with Gasteiger partial charge in [-0.15, -0.1) is 0 Å². The molecular weight excluding hydrogens is 491 g/mol. The van der Waals surface area contributed by atoms with Gasteiger partial charge in [0, 0.05) is 13.1 Å². The van der Waals surface area contributed by atoms with E-state index >= 15 is 0 Å². The van der Waals surface area contributed by atoms with Crippen LogP contribution in [0.15, 0.2) is 50.1 Å². The Kier molecular flexibility index (Phi) is 6.22. The maximum Gasteiger partial charge on any atom is 0.453 e. The topological polar surface area (TPSA) is 62.9 Å². The van der Waals surface area contributed by atoms with Crippen molar-refractivity contribution < 1.29 is 27.4 Å². The number of likely N-dealkylation sites (tertiary alicyclic amines) is 1. The smallest absolute Gasteiger partial charge is 0.453 e. The molecule has 1 aliphatic heterocycles. The zero-order valence-corrected chi connectivity index (χ0v) is 18.8. The Morgan fingerprint density at radius 1 is 1.25 bits per heavy atom. The monoisotopic (exact) mass is 511 g/mol. The molecule has 1 unspecified atom stereocenters. The third-order valence-electron chi connectivity index (χ3n) is 5.53. The van der Waals surface area contributed by atoms with Crippen LogP contribution in [0.3, 0.4) is 0 Å². The van der Waals surface area contributed by atoms with Crippen LogP contribution in [0, 0.1) is 5.92 Å². The number of para-hydroxylation sites is 1. The van der Waals surface area contributed by atoms with Crippen molar-refractivity contribution in [3.05, 3.63) is 62.4 Å². The molecule has 1 fully saturated rings. The SMILES string of the molecule is CC1CCCN(Cc2c(O)ccc3c(=O)c(Oc4ccccc4Br)c(C(F)(F)F)oc23)C1. The first-order chi connectivity index (χ1) is 15.1. The summed E-state index contributed by atoms with van der Waals surface area (Å²) in [4.78, 5) is 15.2. The Morgan fingerprint density at radius 3 is 2.69 bits per heavy atom. The van der Waals surface area contributed by atoms with Gasteiger partial charge in [-0.05, 0) is 65.5 Å². The van der Waals surface area contributed by atoms with E-state index in [1.54, 1.807) is 18.2 Å². The van der Waals surface area contributed by atoms with Gasteiger partial charge in [0.25, 0.3) is 5.76 Å². The standard InChI is InChI=1S/C23H21BrF3NO4/c1-13-5-4-10-28(11-13)12-15-17(29)9-8-14-19(30)21(22(23(25,26)27)32-20(14)15)31-18-7-3-2-6-16(18)24/h2-3,6-9,13,29H,4-5,10-12H2,1H3. The molecule has 1 N–H and O–H groups in total. The summed E-state index contributed by atoms with van der Waals surface area (Å²) in [6, 6.07) is 8.82. The van der Waals surface area contributed by atoms with Gasteiger partial charge in [-0.3, -0.25) is 9.69 Å². The second kappa shape index (κ2) is 8.78. The number of aromatic hydroxyl groups is 1. The van der Waals surface area contributed by atoms with Crippen LogP contribution in [-0.2, 0) is 12.7 Å². The number of rotatable bonds is 4. The highest BCUT2D eigenvalue weighted by Crippen LogP contribution is 2.41. The number of hydrogen-bond donors (Lipinski definition) is 1. The molecule has 1 aliphatic rings. The van der Waals surface area contributed by atoms with Crippen LogP contribution in [0.4, 0.5) is 13.2 Å². The molecule has 2 aromatic carbocycles. The number of ether oxygens (including phenoxy) is 1. The lowest BCUT2D eigenvalue weighted by atomic mass is 9.99. The Hall–Kier alpha value is -2.52. The summed E-state index contributed by atoms with van der Waals surface area (Å²) in [6.45, 7) is 3.77. The second-order valence-electron chi connectivity index (χ2n) is 8.04. The van der Waals surface area contributed by atoms with Gasteiger partial charge in [-0.1, -0.05) is 19.1 Å². The molecule has 0 amide bonds. The van der Waals surface area contributed by atoms with Crippen molar-refractivity contribution >= 4 is 26.9 Å². The average molecular weight is 512 g/mol. The molecule has 0 aliphatic carbocycles. The van der Waals surface area contributed by atoms with E-state index in [2.05, 4.69) is 22.9 Å². The lowest BCUT2D eigenvalue weighted by Crippen LogP contribution is -2.33. The van der Waals surface area contributed by atoms with Gasteiger partial charge in [0.15, 0.2) is 0 Å². The molecule has 0 saturated carbocycles. The van der Waals surface area contributed by atoms with Crippen molar-refractivity contribution in [1.82, 2.24) is 4.90 Å². The van der Waals surface area contributed by atoms with Gasteiger partial charge in [-0.2, -0.15) is 13.2 Å². The van der Waals surface area contributed by atoms with Crippen LogP contribution in [0.25, 0.3) is 11.0 Å². The summed E-state index contributed by atoms with van der Waals surface area (Å²) in [7, 11) is 0. The van der Waals surface area contributed by atoms with Gasteiger partial charge < -0.3 is 14.3 Å². The third-order valence-corrected chi connectivity index (χ3v) is 6.18. The average Bonchev–Trinajstić information content (AvgIpc) is 2.72. The Balaban J connectivity index is 1.88. The van der Waals surface area contributed by atoms with Gasteiger partial charge in [-0.25, -0.2) is 0 Å². The van der Waals surface area contributed by atoms with Crippen LogP contribution in [0.5, 0.6) is 17.2 Å². The molecule has 3 aromatic rings. The number of phenolic OH excluding ortho intramolecular Hbond substituents is 1. The predicted molar refractivity (Wildman–Crippen MR) is 117 cm³/mol. The minimum Gasteiger partial charge on any atom is -0.507 e. The van der Waals surface area contributed by atoms with E-state index in [1.807, 2.05) is 4.90 Å². The molecule has 9 heteroatoms. The number of hydrogen-bond acceptors (Lipinski definition) is 5. The fraction of sp³-hybridized carbons (Fsp3) is 0.348. The van der Waals surface area contributed by atoms with E-state index in [9.17, 15) is 23.1 Å². The zero-order valence-electron chi connectivity index (χ0n) is 17.2. The summed E-state index contributed by atoms with van der Waals surface area (Å²) in [5.41, 5.74) is -1.07. The largest absolute Gasteiger partial charge is 0.507 e. The molecule has 170 valence electrons. The Bertz CT molecular complexity index is 1210. The first-order valence-corrected chi connectivity index (χ1v) is 11.0. The molecule has 0 spiro atoms. The fourth-order valence-corrected chi connectivity index (χ4v) is 4.38. The third kappa shape index (κ3) is 4.49. The van der Waals surface area contributed by atoms with E-state index in [4.69, 9.17) is 9.15 Å². The van der Waals surface area contributed by atoms with E-state index in [0.717, 1.165) is 25.9 Å². The van der Waals surface area contributed by atoms with E-state index in [0.29, 0.717) is 10.4 Å². The maximum absolute atomic E-state index is 13.9. The van der Waals surface area contributed by atoms with Crippen molar-refractivity contribution in [3.8, 4) is 17.2 Å². The Morgan fingerprint density at radius 2 is 2.00 bits per heavy atom. The highest BCUT2D eigenvalue weighted by molar-refractivity contribution is 9.10. The number of fused-ring (bicyclic) bond motifs is 1. The summed E-state index contributed by atoms with van der Waals surface area (Å²) < 4.78 is 52.8. The van der Waals surface area contributed by atoms with Gasteiger partial charge in [0.05, 0.1) is 15.4 Å². The highest BCUT2D eigenvalue weighted by atomic mass is 79.9. The summed E-state index contributed by atoms with van der Waals surface area (Å²) >= 11 is 3.21. The number of halogens is 4. The van der Waals surface area contributed by atoms with E-state index < -0.39 is 23.1 Å². The van der Waals surface area contributed by atoms with Gasteiger partial charge in [0.1, 0.15) is 17.1 Å². The molecule has 2 heterocycles. The van der Waals surface area contributed by atoms with Crippen LogP contribution < -0.4 is 10.2 Å². The number of piperidine rings is 1. The van der Waals surface area contributed by atoms with E-state index in [1.165, 1.54) is 18.2 Å². The van der Waals surface area contributed by atoms with Gasteiger partial charge in [0.2, 0.25) is 11.2 Å². The van der Waals surface area contributed by atoms with Crippen molar-refractivity contribution in [3.63, 3.8) is 0 Å². The van der Waals surface area contributed by atoms with Crippen molar-refractivity contribution in [2.45, 2.75) is 32.5 Å². The van der Waals surface area contributed by atoms with Crippen molar-refractivity contribution in [2.24, 2.45) is 5.92 Å². The molecule has 0 bridgehead atoms. The number of phenols is 1. The number of nitrogens with zero attached hydrogens (tertiary/aromatic N) is 1.